The maximum absolute atomic E-state index is 10.6. The molecule has 0 heterocycles. The average Bonchev–Trinajstić information content (AvgIpc) is 2.44. The van der Waals surface area contributed by atoms with E-state index in [4.69, 9.17) is 9.84 Å². The van der Waals surface area contributed by atoms with Crippen LogP contribution in [0.2, 0.25) is 0 Å². The summed E-state index contributed by atoms with van der Waals surface area (Å²) in [5.41, 5.74) is 3.68. The molecule has 118 valence electrons. The molecule has 0 atom stereocenters. The molecule has 1 N–H and O–H groups in total. The van der Waals surface area contributed by atoms with Crippen LogP contribution in [0.4, 0.5) is 0 Å². The highest BCUT2D eigenvalue weighted by Gasteiger charge is 2.12. The summed E-state index contributed by atoms with van der Waals surface area (Å²) in [5.74, 6) is -0.723. The standard InChI is InChI=1S/C19H24O3/c1-14(7-6-8-17(22-5)13-18(20)21)15-9-11-16(12-10-15)19(2,3)4/h6-13H,1-5H3,(H,20,21)/b8-6+,14-7+,17-13+. The molecule has 22 heavy (non-hydrogen) atoms. The number of hydrogen-bond acceptors (Lipinski definition) is 2. The Morgan fingerprint density at radius 2 is 1.77 bits per heavy atom. The third kappa shape index (κ3) is 5.60. The summed E-state index contributed by atoms with van der Waals surface area (Å²) in [6.07, 6.45) is 6.37. The first-order valence-corrected chi connectivity index (χ1v) is 7.18. The Morgan fingerprint density at radius 3 is 2.23 bits per heavy atom. The highest BCUT2D eigenvalue weighted by molar-refractivity contribution is 5.80. The third-order valence-electron chi connectivity index (χ3n) is 3.31. The van der Waals surface area contributed by atoms with E-state index < -0.39 is 5.97 Å². The second-order valence-corrected chi connectivity index (χ2v) is 6.13. The fraction of sp³-hybridized carbons (Fsp3) is 0.316. The van der Waals surface area contributed by atoms with E-state index in [0.29, 0.717) is 5.76 Å². The molecule has 0 aromatic heterocycles. The zero-order valence-electron chi connectivity index (χ0n) is 13.9. The molecule has 3 heteroatoms. The molecule has 0 unspecified atom stereocenters. The number of carbonyl (C=O) groups is 1. The molecular formula is C19H24O3. The highest BCUT2D eigenvalue weighted by Crippen LogP contribution is 2.24. The van der Waals surface area contributed by atoms with Gasteiger partial charge in [0.25, 0.3) is 0 Å². The van der Waals surface area contributed by atoms with E-state index in [1.165, 1.54) is 12.7 Å². The van der Waals surface area contributed by atoms with Gasteiger partial charge in [0.15, 0.2) is 0 Å². The zero-order valence-corrected chi connectivity index (χ0v) is 13.9. The fourth-order valence-electron chi connectivity index (χ4n) is 1.91. The van der Waals surface area contributed by atoms with Gasteiger partial charge in [0.05, 0.1) is 13.2 Å². The Bertz CT molecular complexity index is 597. The Labute approximate surface area is 132 Å². The minimum absolute atomic E-state index is 0.144. The van der Waals surface area contributed by atoms with Crippen molar-refractivity contribution in [3.63, 3.8) is 0 Å². The van der Waals surface area contributed by atoms with E-state index in [1.807, 2.05) is 13.0 Å². The molecule has 1 aromatic rings. The number of hydrogen-bond donors (Lipinski definition) is 1. The summed E-state index contributed by atoms with van der Waals surface area (Å²) in [5, 5.41) is 8.69. The zero-order chi connectivity index (χ0) is 16.8. The van der Waals surface area contributed by atoms with Crippen molar-refractivity contribution in [3.8, 4) is 0 Å². The Hall–Kier alpha value is -2.29. The molecule has 0 fully saturated rings. The number of carboxylic acids is 1. The van der Waals surface area contributed by atoms with Crippen molar-refractivity contribution in [1.82, 2.24) is 0 Å². The van der Waals surface area contributed by atoms with Crippen LogP contribution in [0.25, 0.3) is 5.57 Å². The number of aliphatic carboxylic acids is 1. The van der Waals surface area contributed by atoms with Gasteiger partial charge in [0.2, 0.25) is 0 Å². The second-order valence-electron chi connectivity index (χ2n) is 6.13. The molecule has 0 spiro atoms. The van der Waals surface area contributed by atoms with E-state index in [2.05, 4.69) is 45.0 Å². The van der Waals surface area contributed by atoms with Gasteiger partial charge >= 0.3 is 5.97 Å². The third-order valence-corrected chi connectivity index (χ3v) is 3.31. The number of benzene rings is 1. The van der Waals surface area contributed by atoms with E-state index >= 15 is 0 Å². The monoisotopic (exact) mass is 300 g/mol. The lowest BCUT2D eigenvalue weighted by Crippen LogP contribution is -2.10. The van der Waals surface area contributed by atoms with Gasteiger partial charge in [-0.05, 0) is 35.1 Å². The lowest BCUT2D eigenvalue weighted by Gasteiger charge is -2.19. The Kier molecular flexibility index (Phi) is 6.17. The summed E-state index contributed by atoms with van der Waals surface area (Å²) in [7, 11) is 1.45. The summed E-state index contributed by atoms with van der Waals surface area (Å²) in [4.78, 5) is 10.6. The summed E-state index contributed by atoms with van der Waals surface area (Å²) in [6, 6.07) is 8.48. The first kappa shape index (κ1) is 17.8. The molecule has 0 bridgehead atoms. The predicted octanol–water partition coefficient (Wildman–Crippen LogP) is 4.56. The predicted molar refractivity (Wildman–Crippen MR) is 90.7 cm³/mol. The highest BCUT2D eigenvalue weighted by atomic mass is 16.5. The van der Waals surface area contributed by atoms with Crippen molar-refractivity contribution in [2.75, 3.05) is 7.11 Å². The van der Waals surface area contributed by atoms with Crippen LogP contribution in [0.1, 0.15) is 38.8 Å². The first-order valence-electron chi connectivity index (χ1n) is 7.18. The molecule has 0 aliphatic rings. The van der Waals surface area contributed by atoms with Crippen LogP contribution >= 0.6 is 0 Å². The summed E-state index contributed by atoms with van der Waals surface area (Å²) < 4.78 is 4.97. The Balaban J connectivity index is 2.87. The van der Waals surface area contributed by atoms with Gasteiger partial charge in [-0.1, -0.05) is 57.2 Å². The lowest BCUT2D eigenvalue weighted by molar-refractivity contribution is -0.131. The maximum atomic E-state index is 10.6. The molecule has 0 radical (unpaired) electrons. The smallest absolute Gasteiger partial charge is 0.332 e. The lowest BCUT2D eigenvalue weighted by atomic mass is 9.86. The summed E-state index contributed by atoms with van der Waals surface area (Å²) in [6.45, 7) is 8.58. The molecule has 1 rings (SSSR count). The van der Waals surface area contributed by atoms with Crippen LogP contribution in [-0.2, 0) is 14.9 Å². The number of allylic oxidation sites excluding steroid dienone is 4. The van der Waals surface area contributed by atoms with Crippen molar-refractivity contribution in [1.29, 1.82) is 0 Å². The average molecular weight is 300 g/mol. The van der Waals surface area contributed by atoms with Crippen molar-refractivity contribution >= 4 is 11.5 Å². The van der Waals surface area contributed by atoms with Crippen molar-refractivity contribution in [3.05, 3.63) is 65.5 Å². The van der Waals surface area contributed by atoms with Crippen molar-refractivity contribution < 1.29 is 14.6 Å². The van der Waals surface area contributed by atoms with Crippen LogP contribution in [0.3, 0.4) is 0 Å². The molecule has 3 nitrogen and oxygen atoms in total. The molecule has 0 saturated heterocycles. The molecule has 0 aliphatic heterocycles. The minimum atomic E-state index is -1.03. The van der Waals surface area contributed by atoms with Crippen molar-refractivity contribution in [2.24, 2.45) is 0 Å². The second kappa shape index (κ2) is 7.64. The number of methoxy groups -OCH3 is 1. The molecule has 0 amide bonds. The van der Waals surface area contributed by atoms with Crippen LogP contribution < -0.4 is 0 Å². The molecule has 0 aliphatic carbocycles. The van der Waals surface area contributed by atoms with Gasteiger partial charge in [-0.3, -0.25) is 0 Å². The van der Waals surface area contributed by atoms with Gasteiger partial charge in [-0.15, -0.1) is 0 Å². The Morgan fingerprint density at radius 1 is 1.18 bits per heavy atom. The SMILES string of the molecule is COC(/C=C/C=C(\C)c1ccc(C(C)(C)C)cc1)=C/C(=O)O. The van der Waals surface area contributed by atoms with E-state index in [1.54, 1.807) is 12.2 Å². The largest absolute Gasteiger partial charge is 0.496 e. The first-order chi connectivity index (χ1) is 10.2. The molecule has 0 saturated carbocycles. The van der Waals surface area contributed by atoms with Gasteiger partial charge in [0.1, 0.15) is 5.76 Å². The quantitative estimate of drug-likeness (QED) is 0.492. The van der Waals surface area contributed by atoms with Crippen LogP contribution in [0.5, 0.6) is 0 Å². The van der Waals surface area contributed by atoms with Gasteiger partial charge in [-0.2, -0.15) is 0 Å². The van der Waals surface area contributed by atoms with Gasteiger partial charge in [0, 0.05) is 0 Å². The number of carboxylic acid groups (broad SMARTS) is 1. The van der Waals surface area contributed by atoms with Crippen molar-refractivity contribution in [2.45, 2.75) is 33.1 Å². The number of rotatable bonds is 5. The van der Waals surface area contributed by atoms with Crippen LogP contribution in [-0.4, -0.2) is 18.2 Å². The van der Waals surface area contributed by atoms with Crippen LogP contribution in [0.15, 0.2) is 54.3 Å². The topological polar surface area (TPSA) is 46.5 Å². The summed E-state index contributed by atoms with van der Waals surface area (Å²) >= 11 is 0. The minimum Gasteiger partial charge on any atom is -0.496 e. The molecular weight excluding hydrogens is 276 g/mol. The normalized spacial score (nSPS) is 13.5. The van der Waals surface area contributed by atoms with E-state index in [-0.39, 0.29) is 5.41 Å². The number of ether oxygens (including phenoxy) is 1. The van der Waals surface area contributed by atoms with Gasteiger partial charge < -0.3 is 9.84 Å². The molecule has 1 aromatic carbocycles. The maximum Gasteiger partial charge on any atom is 0.332 e. The van der Waals surface area contributed by atoms with E-state index in [0.717, 1.165) is 17.2 Å². The van der Waals surface area contributed by atoms with E-state index in [9.17, 15) is 4.79 Å². The van der Waals surface area contributed by atoms with Gasteiger partial charge in [-0.25, -0.2) is 4.79 Å². The van der Waals surface area contributed by atoms with Crippen LogP contribution in [0, 0.1) is 0 Å². The fourth-order valence-corrected chi connectivity index (χ4v) is 1.91.